The molecule has 84 valence electrons. The van der Waals surface area contributed by atoms with Gasteiger partial charge < -0.3 is 5.11 Å². The van der Waals surface area contributed by atoms with E-state index in [0.29, 0.717) is 11.3 Å². The number of aliphatic hydroxyl groups is 1. The first kappa shape index (κ1) is 10.7. The molecule has 2 rings (SSSR count). The van der Waals surface area contributed by atoms with E-state index in [1.54, 1.807) is 0 Å². The largest absolute Gasteiger partial charge is 0.394 e. The van der Waals surface area contributed by atoms with Crippen LogP contribution in [0.3, 0.4) is 0 Å². The van der Waals surface area contributed by atoms with E-state index in [1.165, 1.54) is 16.9 Å². The molecule has 1 N–H and O–H groups in total. The number of nitrogens with zero attached hydrogens (tertiary/aromatic N) is 3. The molecule has 0 saturated heterocycles. The van der Waals surface area contributed by atoms with Crippen molar-refractivity contribution in [3.63, 3.8) is 0 Å². The second-order valence-corrected chi connectivity index (χ2v) is 3.19. The normalized spacial score (nSPS) is 10.7. The highest BCUT2D eigenvalue weighted by Gasteiger charge is 2.09. The van der Waals surface area contributed by atoms with Crippen molar-refractivity contribution in [2.45, 2.75) is 6.54 Å². The van der Waals surface area contributed by atoms with Crippen molar-refractivity contribution in [1.29, 1.82) is 0 Å². The van der Waals surface area contributed by atoms with Crippen molar-refractivity contribution in [1.82, 2.24) is 15.0 Å². The third kappa shape index (κ3) is 1.92. The molecule has 0 amide bonds. The van der Waals surface area contributed by atoms with Gasteiger partial charge in [0, 0.05) is 5.56 Å². The van der Waals surface area contributed by atoms with Crippen LogP contribution in [0.2, 0.25) is 0 Å². The van der Waals surface area contributed by atoms with E-state index >= 15 is 0 Å². The van der Waals surface area contributed by atoms with Gasteiger partial charge in [0.1, 0.15) is 0 Å². The summed E-state index contributed by atoms with van der Waals surface area (Å²) in [6, 6.07) is 3.55. The highest BCUT2D eigenvalue weighted by atomic mass is 19.2. The van der Waals surface area contributed by atoms with Gasteiger partial charge in [-0.15, -0.1) is 5.10 Å². The summed E-state index contributed by atoms with van der Waals surface area (Å²) in [4.78, 5) is 0. The Hall–Kier alpha value is -1.82. The second-order valence-electron chi connectivity index (χ2n) is 3.19. The maximum absolute atomic E-state index is 13.0. The maximum Gasteiger partial charge on any atom is 0.159 e. The van der Waals surface area contributed by atoms with Gasteiger partial charge in [0.25, 0.3) is 0 Å². The van der Waals surface area contributed by atoms with Crippen LogP contribution in [0.4, 0.5) is 8.78 Å². The molecule has 1 aromatic heterocycles. The van der Waals surface area contributed by atoms with Crippen LogP contribution in [-0.4, -0.2) is 26.7 Å². The molecule has 0 spiro atoms. The fourth-order valence-electron chi connectivity index (χ4n) is 1.40. The molecule has 16 heavy (non-hydrogen) atoms. The molecule has 1 heterocycles. The second kappa shape index (κ2) is 4.36. The summed E-state index contributed by atoms with van der Waals surface area (Å²) in [6.45, 7) is 0.161. The zero-order valence-electron chi connectivity index (χ0n) is 8.27. The van der Waals surface area contributed by atoms with Crippen LogP contribution < -0.4 is 0 Å². The topological polar surface area (TPSA) is 50.9 Å². The van der Waals surface area contributed by atoms with Crippen molar-refractivity contribution in [2.75, 3.05) is 6.61 Å². The van der Waals surface area contributed by atoms with Gasteiger partial charge in [-0.05, 0) is 18.2 Å². The summed E-state index contributed by atoms with van der Waals surface area (Å²) >= 11 is 0. The van der Waals surface area contributed by atoms with Crippen molar-refractivity contribution in [3.8, 4) is 11.3 Å². The van der Waals surface area contributed by atoms with Crippen molar-refractivity contribution < 1.29 is 13.9 Å². The Balaban J connectivity index is 2.42. The van der Waals surface area contributed by atoms with Gasteiger partial charge in [0.05, 0.1) is 25.0 Å². The summed E-state index contributed by atoms with van der Waals surface area (Å²) in [5.41, 5.74) is 1.00. The van der Waals surface area contributed by atoms with Crippen LogP contribution >= 0.6 is 0 Å². The predicted molar refractivity (Wildman–Crippen MR) is 52.5 cm³/mol. The first-order valence-electron chi connectivity index (χ1n) is 4.67. The highest BCUT2D eigenvalue weighted by Crippen LogP contribution is 2.20. The Kier molecular flexibility index (Phi) is 2.91. The molecule has 4 nitrogen and oxygen atoms in total. The Bertz CT molecular complexity index is 499. The summed E-state index contributed by atoms with van der Waals surface area (Å²) < 4.78 is 27.2. The molecule has 0 unspecified atom stereocenters. The summed E-state index contributed by atoms with van der Waals surface area (Å²) in [5.74, 6) is -1.82. The highest BCUT2D eigenvalue weighted by molar-refractivity contribution is 5.58. The van der Waals surface area contributed by atoms with Gasteiger partial charge in [-0.3, -0.25) is 0 Å². The number of hydrogen-bond donors (Lipinski definition) is 1. The number of aliphatic hydroxyl groups excluding tert-OH is 1. The smallest absolute Gasteiger partial charge is 0.159 e. The SMILES string of the molecule is OCCn1nncc1-c1ccc(F)c(F)c1. The van der Waals surface area contributed by atoms with Crippen LogP contribution in [0.25, 0.3) is 11.3 Å². The lowest BCUT2D eigenvalue weighted by Gasteiger charge is -2.04. The van der Waals surface area contributed by atoms with Crippen LogP contribution in [0.1, 0.15) is 0 Å². The summed E-state index contributed by atoms with van der Waals surface area (Å²) in [5, 5.41) is 16.2. The standard InChI is InChI=1S/C10H9F2N3O/c11-8-2-1-7(5-9(8)12)10-6-13-14-15(10)3-4-16/h1-2,5-6,16H,3-4H2. The van der Waals surface area contributed by atoms with Gasteiger partial charge >= 0.3 is 0 Å². The van der Waals surface area contributed by atoms with Crippen LogP contribution in [-0.2, 0) is 6.54 Å². The molecular weight excluding hydrogens is 216 g/mol. The first-order chi connectivity index (χ1) is 7.72. The maximum atomic E-state index is 13.0. The minimum atomic E-state index is -0.922. The zero-order valence-corrected chi connectivity index (χ0v) is 8.27. The van der Waals surface area contributed by atoms with Gasteiger partial charge in [0.2, 0.25) is 0 Å². The molecule has 0 aliphatic carbocycles. The average molecular weight is 225 g/mol. The Morgan fingerprint density at radius 2 is 2.06 bits per heavy atom. The van der Waals surface area contributed by atoms with Crippen molar-refractivity contribution in [2.24, 2.45) is 0 Å². The van der Waals surface area contributed by atoms with Crippen molar-refractivity contribution >= 4 is 0 Å². The molecule has 0 atom stereocenters. The molecule has 0 aliphatic heterocycles. The van der Waals surface area contributed by atoms with Crippen LogP contribution in [0.15, 0.2) is 24.4 Å². The van der Waals surface area contributed by atoms with Gasteiger partial charge in [0.15, 0.2) is 11.6 Å². The lowest BCUT2D eigenvalue weighted by atomic mass is 10.1. The third-order valence-electron chi connectivity index (χ3n) is 2.14. The molecule has 1 aromatic carbocycles. The van der Waals surface area contributed by atoms with E-state index in [1.807, 2.05) is 0 Å². The van der Waals surface area contributed by atoms with Gasteiger partial charge in [-0.2, -0.15) is 0 Å². The molecule has 6 heteroatoms. The lowest BCUT2D eigenvalue weighted by Crippen LogP contribution is -2.06. The van der Waals surface area contributed by atoms with Gasteiger partial charge in [-0.1, -0.05) is 5.21 Å². The number of hydrogen-bond acceptors (Lipinski definition) is 3. The number of aromatic nitrogens is 3. The molecule has 0 saturated carbocycles. The Labute approximate surface area is 90.1 Å². The fraction of sp³-hybridized carbons (Fsp3) is 0.200. The molecule has 0 bridgehead atoms. The zero-order chi connectivity index (χ0) is 11.5. The average Bonchev–Trinajstić information content (AvgIpc) is 2.71. The Morgan fingerprint density at radius 3 is 2.75 bits per heavy atom. The quantitative estimate of drug-likeness (QED) is 0.854. The van der Waals surface area contributed by atoms with Gasteiger partial charge in [-0.25, -0.2) is 13.5 Å². The fourth-order valence-corrected chi connectivity index (χ4v) is 1.40. The van der Waals surface area contributed by atoms with E-state index in [0.717, 1.165) is 12.1 Å². The minimum absolute atomic E-state index is 0.0972. The summed E-state index contributed by atoms with van der Waals surface area (Å²) in [7, 11) is 0. The third-order valence-corrected chi connectivity index (χ3v) is 2.14. The molecule has 0 fully saturated rings. The monoisotopic (exact) mass is 225 g/mol. The van der Waals surface area contributed by atoms with Crippen LogP contribution in [0, 0.1) is 11.6 Å². The molecule has 0 radical (unpaired) electrons. The first-order valence-corrected chi connectivity index (χ1v) is 4.67. The Morgan fingerprint density at radius 1 is 1.25 bits per heavy atom. The van der Waals surface area contributed by atoms with E-state index in [9.17, 15) is 8.78 Å². The van der Waals surface area contributed by atoms with Crippen LogP contribution in [0.5, 0.6) is 0 Å². The molecule has 0 aliphatic rings. The van der Waals surface area contributed by atoms with E-state index in [2.05, 4.69) is 10.3 Å². The lowest BCUT2D eigenvalue weighted by molar-refractivity contribution is 0.269. The number of benzene rings is 1. The predicted octanol–water partition coefficient (Wildman–Crippen LogP) is 1.22. The molecule has 2 aromatic rings. The van der Waals surface area contributed by atoms with E-state index in [-0.39, 0.29) is 13.2 Å². The number of rotatable bonds is 3. The number of halogens is 2. The van der Waals surface area contributed by atoms with E-state index < -0.39 is 11.6 Å². The van der Waals surface area contributed by atoms with E-state index in [4.69, 9.17) is 5.11 Å². The summed E-state index contributed by atoms with van der Waals surface area (Å²) in [6.07, 6.45) is 1.43. The molecular formula is C10H9F2N3O. The van der Waals surface area contributed by atoms with Crippen molar-refractivity contribution in [3.05, 3.63) is 36.0 Å². The minimum Gasteiger partial charge on any atom is -0.394 e.